The van der Waals surface area contributed by atoms with Gasteiger partial charge in [-0.05, 0) is 34.1 Å². The number of benzene rings is 2. The largest absolute Gasteiger partial charge is 0.483 e. The zero-order chi connectivity index (χ0) is 20.6. The maximum atomic E-state index is 12.1. The van der Waals surface area contributed by atoms with E-state index in [0.717, 1.165) is 14.5 Å². The minimum Gasteiger partial charge on any atom is -0.483 e. The van der Waals surface area contributed by atoms with Crippen LogP contribution in [0.25, 0.3) is 11.4 Å². The second-order valence-electron chi connectivity index (χ2n) is 5.76. The topological polar surface area (TPSA) is 106 Å². The molecular weight excluding hydrogens is 508 g/mol. The summed E-state index contributed by atoms with van der Waals surface area (Å²) in [7, 11) is 0. The Kier molecular flexibility index (Phi) is 7.36. The van der Waals surface area contributed by atoms with Crippen molar-refractivity contribution in [1.29, 1.82) is 0 Å². The van der Waals surface area contributed by atoms with Crippen molar-refractivity contribution in [1.82, 2.24) is 20.8 Å². The van der Waals surface area contributed by atoms with Crippen molar-refractivity contribution in [2.75, 3.05) is 19.7 Å². The van der Waals surface area contributed by atoms with Crippen LogP contribution in [-0.2, 0) is 4.79 Å². The fraction of sp³-hybridized carbons (Fsp3) is 0.158. The van der Waals surface area contributed by atoms with E-state index in [4.69, 9.17) is 9.26 Å². The van der Waals surface area contributed by atoms with Gasteiger partial charge in [0.2, 0.25) is 5.82 Å². The van der Waals surface area contributed by atoms with Crippen LogP contribution < -0.4 is 15.4 Å². The van der Waals surface area contributed by atoms with Gasteiger partial charge in [0.15, 0.2) is 6.61 Å². The Morgan fingerprint density at radius 3 is 2.55 bits per heavy atom. The summed E-state index contributed by atoms with van der Waals surface area (Å²) >= 11 is 6.71. The Bertz CT molecular complexity index is 995. The molecule has 3 rings (SSSR count). The lowest BCUT2D eigenvalue weighted by atomic mass is 10.2. The number of halogens is 2. The van der Waals surface area contributed by atoms with Crippen LogP contribution in [-0.4, -0.2) is 41.7 Å². The Morgan fingerprint density at radius 2 is 1.79 bits per heavy atom. The third kappa shape index (κ3) is 6.13. The molecule has 8 nitrogen and oxygen atoms in total. The molecule has 0 aliphatic rings. The van der Waals surface area contributed by atoms with Crippen molar-refractivity contribution in [3.05, 3.63) is 63.4 Å². The van der Waals surface area contributed by atoms with Crippen LogP contribution in [0.5, 0.6) is 5.75 Å². The van der Waals surface area contributed by atoms with Crippen LogP contribution >= 0.6 is 31.9 Å². The molecule has 10 heteroatoms. The molecule has 2 aromatic carbocycles. The van der Waals surface area contributed by atoms with Gasteiger partial charge in [-0.2, -0.15) is 4.98 Å². The van der Waals surface area contributed by atoms with Gasteiger partial charge in [-0.15, -0.1) is 0 Å². The van der Waals surface area contributed by atoms with Gasteiger partial charge in [0.25, 0.3) is 5.91 Å². The molecule has 0 unspecified atom stereocenters. The Morgan fingerprint density at radius 1 is 1.03 bits per heavy atom. The molecule has 0 saturated carbocycles. The number of ether oxygens (including phenoxy) is 1. The first kappa shape index (κ1) is 21.0. The van der Waals surface area contributed by atoms with E-state index in [1.54, 1.807) is 6.07 Å². The van der Waals surface area contributed by atoms with Crippen LogP contribution in [0.3, 0.4) is 0 Å². The normalized spacial score (nSPS) is 10.4. The number of amides is 2. The summed E-state index contributed by atoms with van der Waals surface area (Å²) in [5, 5.41) is 9.05. The maximum Gasteiger partial charge on any atom is 0.316 e. The van der Waals surface area contributed by atoms with Gasteiger partial charge in [-0.3, -0.25) is 9.59 Å². The molecule has 1 aromatic heterocycles. The molecule has 0 radical (unpaired) electrons. The van der Waals surface area contributed by atoms with Gasteiger partial charge < -0.3 is 19.9 Å². The molecule has 2 N–H and O–H groups in total. The van der Waals surface area contributed by atoms with Gasteiger partial charge in [-0.1, -0.05) is 51.4 Å². The smallest absolute Gasteiger partial charge is 0.316 e. The summed E-state index contributed by atoms with van der Waals surface area (Å²) in [5.74, 6) is -0.0663. The highest BCUT2D eigenvalue weighted by molar-refractivity contribution is 9.11. The first-order valence-electron chi connectivity index (χ1n) is 8.55. The standard InChI is InChI=1S/C19H16Br2N4O4/c20-13-6-7-15(14(21)10-13)28-11-16(26)22-8-9-23-18(27)19-24-17(25-29-19)12-4-2-1-3-5-12/h1-7,10H,8-9,11H2,(H,22,26)(H,23,27). The first-order valence-corrected chi connectivity index (χ1v) is 10.1. The summed E-state index contributed by atoms with van der Waals surface area (Å²) in [4.78, 5) is 28.0. The Labute approximate surface area is 183 Å². The summed E-state index contributed by atoms with van der Waals surface area (Å²) in [6, 6.07) is 14.6. The number of carbonyl (C=O) groups is 2. The van der Waals surface area contributed by atoms with Crippen molar-refractivity contribution in [3.8, 4) is 17.1 Å². The zero-order valence-corrected chi connectivity index (χ0v) is 18.2. The van der Waals surface area contributed by atoms with Crippen LogP contribution in [0.2, 0.25) is 0 Å². The lowest BCUT2D eigenvalue weighted by Gasteiger charge is -2.09. The molecule has 0 aliphatic heterocycles. The molecule has 1 heterocycles. The van der Waals surface area contributed by atoms with E-state index in [2.05, 4.69) is 52.6 Å². The van der Waals surface area contributed by atoms with Gasteiger partial charge in [0.1, 0.15) is 5.75 Å². The molecule has 0 fully saturated rings. The fourth-order valence-electron chi connectivity index (χ4n) is 2.26. The minimum absolute atomic E-state index is 0.140. The molecule has 0 spiro atoms. The van der Waals surface area contributed by atoms with E-state index in [1.165, 1.54) is 0 Å². The predicted octanol–water partition coefficient (Wildman–Crippen LogP) is 3.19. The minimum atomic E-state index is -0.510. The molecule has 3 aromatic rings. The molecule has 0 atom stereocenters. The highest BCUT2D eigenvalue weighted by Crippen LogP contribution is 2.28. The highest BCUT2D eigenvalue weighted by Gasteiger charge is 2.15. The monoisotopic (exact) mass is 522 g/mol. The van der Waals surface area contributed by atoms with Gasteiger partial charge in [0.05, 0.1) is 4.47 Å². The fourth-order valence-corrected chi connectivity index (χ4v) is 3.42. The van der Waals surface area contributed by atoms with Crippen molar-refractivity contribution in [2.24, 2.45) is 0 Å². The Hall–Kier alpha value is -2.72. The summed E-state index contributed by atoms with van der Waals surface area (Å²) in [5.41, 5.74) is 0.750. The number of hydrogen-bond donors (Lipinski definition) is 2. The highest BCUT2D eigenvalue weighted by atomic mass is 79.9. The van der Waals surface area contributed by atoms with E-state index in [-0.39, 0.29) is 31.5 Å². The quantitative estimate of drug-likeness (QED) is 0.439. The van der Waals surface area contributed by atoms with E-state index in [0.29, 0.717) is 11.6 Å². The van der Waals surface area contributed by atoms with E-state index in [9.17, 15) is 9.59 Å². The van der Waals surface area contributed by atoms with E-state index < -0.39 is 5.91 Å². The SMILES string of the molecule is O=C(COc1ccc(Br)cc1Br)NCCNC(=O)c1nc(-c2ccccc2)no1. The molecule has 0 aliphatic carbocycles. The second-order valence-corrected chi connectivity index (χ2v) is 7.53. The van der Waals surface area contributed by atoms with Gasteiger partial charge in [-0.25, -0.2) is 0 Å². The lowest BCUT2D eigenvalue weighted by Crippen LogP contribution is -2.36. The Balaban J connectivity index is 1.38. The van der Waals surface area contributed by atoms with E-state index in [1.807, 2.05) is 42.5 Å². The van der Waals surface area contributed by atoms with Crippen LogP contribution in [0.1, 0.15) is 10.7 Å². The van der Waals surface area contributed by atoms with Crippen LogP contribution in [0.4, 0.5) is 0 Å². The van der Waals surface area contributed by atoms with Crippen molar-refractivity contribution in [3.63, 3.8) is 0 Å². The summed E-state index contributed by atoms with van der Waals surface area (Å²) in [6.45, 7) is 0.295. The molecule has 29 heavy (non-hydrogen) atoms. The third-order valence-electron chi connectivity index (χ3n) is 3.64. The third-order valence-corrected chi connectivity index (χ3v) is 4.75. The van der Waals surface area contributed by atoms with Gasteiger partial charge in [0, 0.05) is 23.1 Å². The maximum absolute atomic E-state index is 12.1. The number of nitrogens with one attached hydrogen (secondary N) is 2. The number of rotatable bonds is 8. The number of carbonyl (C=O) groups excluding carboxylic acids is 2. The average Bonchev–Trinajstić information content (AvgIpc) is 3.21. The number of aromatic nitrogens is 2. The molecule has 2 amide bonds. The van der Waals surface area contributed by atoms with Gasteiger partial charge >= 0.3 is 11.8 Å². The molecule has 0 saturated heterocycles. The first-order chi connectivity index (χ1) is 14.0. The molecule has 0 bridgehead atoms. The van der Waals surface area contributed by atoms with Crippen molar-refractivity contribution < 1.29 is 18.8 Å². The van der Waals surface area contributed by atoms with E-state index >= 15 is 0 Å². The molecular formula is C19H16Br2N4O4. The lowest BCUT2D eigenvalue weighted by molar-refractivity contribution is -0.123. The number of hydrogen-bond acceptors (Lipinski definition) is 6. The average molecular weight is 524 g/mol. The summed E-state index contributed by atoms with van der Waals surface area (Å²) < 4.78 is 12.1. The second kappa shape index (κ2) is 10.2. The van der Waals surface area contributed by atoms with Crippen molar-refractivity contribution >= 4 is 43.7 Å². The number of nitrogens with zero attached hydrogens (tertiary/aromatic N) is 2. The van der Waals surface area contributed by atoms with Crippen LogP contribution in [0, 0.1) is 0 Å². The van der Waals surface area contributed by atoms with Crippen LogP contribution in [0.15, 0.2) is 62.0 Å². The molecule has 150 valence electrons. The predicted molar refractivity (Wildman–Crippen MR) is 112 cm³/mol. The van der Waals surface area contributed by atoms with Crippen molar-refractivity contribution in [2.45, 2.75) is 0 Å². The summed E-state index contributed by atoms with van der Waals surface area (Å²) in [6.07, 6.45) is 0. The zero-order valence-electron chi connectivity index (χ0n) is 15.0.